The maximum Gasteiger partial charge on any atom is 0.227 e. The van der Waals surface area contributed by atoms with Crippen molar-refractivity contribution in [3.05, 3.63) is 29.8 Å². The summed E-state index contributed by atoms with van der Waals surface area (Å²) in [6.45, 7) is 0.687. The molecular formula is C16H24N2O2. The van der Waals surface area contributed by atoms with Gasteiger partial charge in [0.25, 0.3) is 0 Å². The Hall–Kier alpha value is -1.39. The third-order valence-corrected chi connectivity index (χ3v) is 4.06. The van der Waals surface area contributed by atoms with Crippen molar-refractivity contribution in [3.63, 3.8) is 0 Å². The summed E-state index contributed by atoms with van der Waals surface area (Å²) in [5.74, 6) is 0.0301. The van der Waals surface area contributed by atoms with Crippen LogP contribution >= 0.6 is 0 Å². The molecule has 0 atom stereocenters. The number of hydrogen-bond donors (Lipinski definition) is 2. The maximum atomic E-state index is 12.1. The molecule has 0 heterocycles. The number of amides is 1. The molecule has 0 radical (unpaired) electrons. The lowest BCUT2D eigenvalue weighted by atomic mass is 9.77. The van der Waals surface area contributed by atoms with E-state index in [-0.39, 0.29) is 11.5 Å². The minimum Gasteiger partial charge on any atom is -0.378 e. The van der Waals surface area contributed by atoms with E-state index in [1.807, 2.05) is 18.2 Å². The number of nitrogens with one attached hydrogen (secondary N) is 1. The molecule has 3 N–H and O–H groups in total. The Kier molecular flexibility index (Phi) is 5.15. The fourth-order valence-corrected chi connectivity index (χ4v) is 2.63. The van der Waals surface area contributed by atoms with Crippen LogP contribution in [0.2, 0.25) is 0 Å². The quantitative estimate of drug-likeness (QED) is 0.804. The van der Waals surface area contributed by atoms with Gasteiger partial charge in [-0.3, -0.25) is 4.79 Å². The van der Waals surface area contributed by atoms with Crippen LogP contribution in [0.4, 0.5) is 5.69 Å². The number of hydrogen-bond acceptors (Lipinski definition) is 3. The summed E-state index contributed by atoms with van der Waals surface area (Å²) in [6, 6.07) is 7.97. The van der Waals surface area contributed by atoms with Gasteiger partial charge in [-0.1, -0.05) is 12.1 Å². The Labute approximate surface area is 120 Å². The molecule has 1 aromatic carbocycles. The molecule has 1 saturated carbocycles. The first-order chi connectivity index (χ1) is 9.67. The van der Waals surface area contributed by atoms with E-state index in [2.05, 4.69) is 11.4 Å². The van der Waals surface area contributed by atoms with E-state index < -0.39 is 0 Å². The Morgan fingerprint density at radius 2 is 2.25 bits per heavy atom. The number of methoxy groups -OCH3 is 1. The zero-order chi connectivity index (χ0) is 14.4. The Bertz CT molecular complexity index is 450. The van der Waals surface area contributed by atoms with Gasteiger partial charge in [0.1, 0.15) is 0 Å². The second kappa shape index (κ2) is 6.86. The molecule has 0 aromatic heterocycles. The molecule has 1 aromatic rings. The minimum absolute atomic E-state index is 0.0301. The lowest BCUT2D eigenvalue weighted by Gasteiger charge is -2.39. The zero-order valence-corrected chi connectivity index (χ0v) is 12.2. The second-order valence-corrected chi connectivity index (χ2v) is 5.56. The van der Waals surface area contributed by atoms with Gasteiger partial charge in [-0.15, -0.1) is 0 Å². The van der Waals surface area contributed by atoms with Gasteiger partial charge in [0, 0.05) is 12.8 Å². The van der Waals surface area contributed by atoms with Crippen LogP contribution in [0.5, 0.6) is 0 Å². The molecule has 0 spiro atoms. The Balaban J connectivity index is 1.90. The first kappa shape index (κ1) is 15.0. The van der Waals surface area contributed by atoms with Gasteiger partial charge in [-0.2, -0.15) is 0 Å². The van der Waals surface area contributed by atoms with E-state index in [0.717, 1.165) is 37.8 Å². The van der Waals surface area contributed by atoms with Crippen LogP contribution in [0.3, 0.4) is 0 Å². The second-order valence-electron chi connectivity index (χ2n) is 5.56. The first-order valence-corrected chi connectivity index (χ1v) is 7.31. The van der Waals surface area contributed by atoms with Gasteiger partial charge in [0.15, 0.2) is 0 Å². The molecule has 0 aliphatic heterocycles. The molecule has 4 heteroatoms. The number of benzene rings is 1. The van der Waals surface area contributed by atoms with Gasteiger partial charge < -0.3 is 15.8 Å². The fraction of sp³-hybridized carbons (Fsp3) is 0.562. The minimum atomic E-state index is -0.221. The number of rotatable bonds is 7. The predicted octanol–water partition coefficient (Wildman–Crippen LogP) is 2.48. The number of carbonyl (C=O) groups is 1. The molecule has 0 bridgehead atoms. The van der Waals surface area contributed by atoms with Crippen LogP contribution in [-0.2, 0) is 16.0 Å². The smallest absolute Gasteiger partial charge is 0.227 e. The third kappa shape index (κ3) is 3.81. The van der Waals surface area contributed by atoms with Crippen molar-refractivity contribution < 1.29 is 9.53 Å². The molecule has 2 rings (SSSR count). The lowest BCUT2D eigenvalue weighted by Crippen LogP contribution is -2.42. The van der Waals surface area contributed by atoms with Crippen molar-refractivity contribution in [2.45, 2.75) is 44.1 Å². The van der Waals surface area contributed by atoms with E-state index >= 15 is 0 Å². The van der Waals surface area contributed by atoms with Crippen molar-refractivity contribution in [1.82, 2.24) is 0 Å². The molecule has 4 nitrogen and oxygen atoms in total. The summed E-state index contributed by atoms with van der Waals surface area (Å²) in [5, 5.41) is 2.97. The average molecular weight is 276 g/mol. The topological polar surface area (TPSA) is 64.3 Å². The summed E-state index contributed by atoms with van der Waals surface area (Å²) < 4.78 is 5.48. The highest BCUT2D eigenvalue weighted by Gasteiger charge is 2.38. The van der Waals surface area contributed by atoms with Crippen molar-refractivity contribution >= 4 is 11.6 Å². The molecule has 1 fully saturated rings. The van der Waals surface area contributed by atoms with E-state index in [9.17, 15) is 4.79 Å². The van der Waals surface area contributed by atoms with Crippen LogP contribution < -0.4 is 11.1 Å². The number of anilines is 1. The Morgan fingerprint density at radius 1 is 1.45 bits per heavy atom. The van der Waals surface area contributed by atoms with Crippen molar-refractivity contribution in [2.75, 3.05) is 19.0 Å². The summed E-state index contributed by atoms with van der Waals surface area (Å²) in [6.07, 6.45) is 5.46. The largest absolute Gasteiger partial charge is 0.378 e. The number of ether oxygens (including phenoxy) is 1. The molecule has 1 aliphatic carbocycles. The van der Waals surface area contributed by atoms with E-state index in [0.29, 0.717) is 13.0 Å². The highest BCUT2D eigenvalue weighted by Crippen LogP contribution is 2.38. The van der Waals surface area contributed by atoms with Crippen LogP contribution in [0.15, 0.2) is 24.3 Å². The number of carbonyl (C=O) groups excluding carboxylic acids is 1. The number of aryl methyl sites for hydroxylation is 1. The normalized spacial score (nSPS) is 16.5. The van der Waals surface area contributed by atoms with E-state index in [1.165, 1.54) is 5.56 Å². The van der Waals surface area contributed by atoms with Gasteiger partial charge in [0.05, 0.1) is 12.0 Å². The molecular weight excluding hydrogens is 252 g/mol. The lowest BCUT2D eigenvalue weighted by molar-refractivity contribution is -0.129. The van der Waals surface area contributed by atoms with Gasteiger partial charge >= 0.3 is 0 Å². The van der Waals surface area contributed by atoms with Gasteiger partial charge in [-0.25, -0.2) is 0 Å². The van der Waals surface area contributed by atoms with Crippen LogP contribution in [0.1, 0.15) is 37.7 Å². The highest BCUT2D eigenvalue weighted by atomic mass is 16.5. The average Bonchev–Trinajstić information content (AvgIpc) is 2.41. The highest BCUT2D eigenvalue weighted by molar-refractivity contribution is 5.91. The van der Waals surface area contributed by atoms with E-state index in [4.69, 9.17) is 10.5 Å². The van der Waals surface area contributed by atoms with Gasteiger partial charge in [0.2, 0.25) is 5.91 Å². The maximum absolute atomic E-state index is 12.1. The van der Waals surface area contributed by atoms with Crippen LogP contribution in [0, 0.1) is 0 Å². The van der Waals surface area contributed by atoms with Crippen molar-refractivity contribution in [1.29, 1.82) is 0 Å². The van der Waals surface area contributed by atoms with Crippen molar-refractivity contribution in [3.8, 4) is 0 Å². The molecule has 0 saturated heterocycles. The fourth-order valence-electron chi connectivity index (χ4n) is 2.63. The summed E-state index contributed by atoms with van der Waals surface area (Å²) in [7, 11) is 1.69. The summed E-state index contributed by atoms with van der Waals surface area (Å²) in [5.41, 5.74) is 7.36. The number of nitrogens with two attached hydrogens (primary N) is 1. The standard InChI is InChI=1S/C16H24N2O2/c1-20-16(8-4-9-16)12-15(19)18-14-7-2-5-13(11-14)6-3-10-17/h2,5,7,11H,3-4,6,8-10,12,17H2,1H3,(H,18,19). The first-order valence-electron chi connectivity index (χ1n) is 7.31. The van der Waals surface area contributed by atoms with E-state index in [1.54, 1.807) is 7.11 Å². The third-order valence-electron chi connectivity index (χ3n) is 4.06. The predicted molar refractivity (Wildman–Crippen MR) is 80.7 cm³/mol. The van der Waals surface area contributed by atoms with Crippen LogP contribution in [-0.4, -0.2) is 25.2 Å². The Morgan fingerprint density at radius 3 is 2.85 bits per heavy atom. The SMILES string of the molecule is COC1(CC(=O)Nc2cccc(CCCN)c2)CCC1. The molecule has 0 unspecified atom stereocenters. The molecule has 110 valence electrons. The molecule has 1 aliphatic rings. The zero-order valence-electron chi connectivity index (χ0n) is 12.2. The molecule has 1 amide bonds. The monoisotopic (exact) mass is 276 g/mol. The van der Waals surface area contributed by atoms with Crippen LogP contribution in [0.25, 0.3) is 0 Å². The summed E-state index contributed by atoms with van der Waals surface area (Å²) >= 11 is 0. The van der Waals surface area contributed by atoms with Gasteiger partial charge in [-0.05, 0) is 56.3 Å². The van der Waals surface area contributed by atoms with Crippen molar-refractivity contribution in [2.24, 2.45) is 5.73 Å². The molecule has 20 heavy (non-hydrogen) atoms. The summed E-state index contributed by atoms with van der Waals surface area (Å²) in [4.78, 5) is 12.1.